The summed E-state index contributed by atoms with van der Waals surface area (Å²) in [6.45, 7) is 3.72. The molecule has 1 aromatic carbocycles. The molecule has 6 nitrogen and oxygen atoms in total. The molecule has 0 atom stereocenters. The minimum absolute atomic E-state index is 0.00332. The molecular weight excluding hydrogens is 352 g/mol. The highest BCUT2D eigenvalue weighted by Crippen LogP contribution is 2.32. The Morgan fingerprint density at radius 2 is 2.14 bits per heavy atom. The van der Waals surface area contributed by atoms with Crippen LogP contribution in [0.3, 0.4) is 0 Å². The molecule has 3 aliphatic rings. The van der Waals surface area contributed by atoms with Gasteiger partial charge >= 0.3 is 0 Å². The molecule has 1 aromatic heterocycles. The largest absolute Gasteiger partial charge is 0.497 e. The van der Waals surface area contributed by atoms with Crippen molar-refractivity contribution in [2.45, 2.75) is 51.2 Å². The van der Waals surface area contributed by atoms with Gasteiger partial charge in [-0.25, -0.2) is 0 Å². The van der Waals surface area contributed by atoms with E-state index in [2.05, 4.69) is 16.3 Å². The third-order valence-electron chi connectivity index (χ3n) is 6.02. The van der Waals surface area contributed by atoms with Crippen molar-refractivity contribution in [3.05, 3.63) is 46.8 Å². The maximum Gasteiger partial charge on any atom is 0.272 e. The summed E-state index contributed by atoms with van der Waals surface area (Å²) in [7, 11) is 1.68. The van der Waals surface area contributed by atoms with E-state index < -0.39 is 0 Å². The predicted molar refractivity (Wildman–Crippen MR) is 107 cm³/mol. The zero-order valence-corrected chi connectivity index (χ0v) is 16.5. The number of hydrogen-bond acceptors (Lipinski definition) is 4. The number of ether oxygens (including phenoxy) is 1. The summed E-state index contributed by atoms with van der Waals surface area (Å²) in [6, 6.07) is 8.43. The standard InChI is InChI=1S/C22H28N4O2/c1-28-18-4-2-3-16(11-18)13-26-20-9-10-25(12-15-5-6-15)14-19(20)21(24-26)22(27)23-17-7-8-17/h2-4,11,15,17H,5-10,12-14H2,1H3,(H,23,27). The fraction of sp³-hybridized carbons (Fsp3) is 0.545. The van der Waals surface area contributed by atoms with Gasteiger partial charge < -0.3 is 10.1 Å². The SMILES string of the molecule is COc1cccc(Cn2nc(C(=O)NC3CC3)c3c2CCN(CC2CC2)C3)c1. The average Bonchev–Trinajstić information content (AvgIpc) is 3.63. The first-order valence-corrected chi connectivity index (χ1v) is 10.4. The van der Waals surface area contributed by atoms with Gasteiger partial charge in [-0.05, 0) is 49.3 Å². The summed E-state index contributed by atoms with van der Waals surface area (Å²) in [6.07, 6.45) is 5.84. The Labute approximate surface area is 165 Å². The van der Waals surface area contributed by atoms with Gasteiger partial charge in [-0.1, -0.05) is 12.1 Å². The Morgan fingerprint density at radius 3 is 2.89 bits per heavy atom. The first-order chi connectivity index (χ1) is 13.7. The third kappa shape index (κ3) is 3.78. The monoisotopic (exact) mass is 380 g/mol. The van der Waals surface area contributed by atoms with Crippen molar-refractivity contribution < 1.29 is 9.53 Å². The van der Waals surface area contributed by atoms with Gasteiger partial charge in [0.1, 0.15) is 5.75 Å². The van der Waals surface area contributed by atoms with Gasteiger partial charge in [0, 0.05) is 43.4 Å². The zero-order chi connectivity index (χ0) is 19.1. The number of aromatic nitrogens is 2. The summed E-state index contributed by atoms with van der Waals surface area (Å²) < 4.78 is 7.40. The topological polar surface area (TPSA) is 59.4 Å². The van der Waals surface area contributed by atoms with E-state index in [1.54, 1.807) is 7.11 Å². The van der Waals surface area contributed by atoms with Crippen LogP contribution in [0.2, 0.25) is 0 Å². The van der Waals surface area contributed by atoms with Crippen molar-refractivity contribution in [2.75, 3.05) is 20.2 Å². The van der Waals surface area contributed by atoms with Crippen molar-refractivity contribution in [2.24, 2.45) is 5.92 Å². The number of benzene rings is 1. The molecule has 5 rings (SSSR count). The summed E-state index contributed by atoms with van der Waals surface area (Å²) in [5, 5.41) is 7.92. The van der Waals surface area contributed by atoms with Gasteiger partial charge in [0.2, 0.25) is 0 Å². The van der Waals surface area contributed by atoms with E-state index in [4.69, 9.17) is 9.84 Å². The molecular formula is C22H28N4O2. The van der Waals surface area contributed by atoms with Gasteiger partial charge in [0.25, 0.3) is 5.91 Å². The molecule has 148 valence electrons. The van der Waals surface area contributed by atoms with Crippen molar-refractivity contribution in [1.82, 2.24) is 20.0 Å². The van der Waals surface area contributed by atoms with Crippen molar-refractivity contribution in [3.8, 4) is 5.75 Å². The number of nitrogens with one attached hydrogen (secondary N) is 1. The zero-order valence-electron chi connectivity index (χ0n) is 16.5. The highest BCUT2D eigenvalue weighted by Gasteiger charge is 2.33. The molecule has 1 amide bonds. The molecule has 0 bridgehead atoms. The lowest BCUT2D eigenvalue weighted by Gasteiger charge is -2.27. The molecule has 6 heteroatoms. The van der Waals surface area contributed by atoms with Gasteiger partial charge in [0.05, 0.1) is 13.7 Å². The Hall–Kier alpha value is -2.34. The summed E-state index contributed by atoms with van der Waals surface area (Å²) in [4.78, 5) is 15.4. The molecule has 2 aliphatic carbocycles. The minimum atomic E-state index is -0.00332. The number of fused-ring (bicyclic) bond motifs is 1. The number of hydrogen-bond donors (Lipinski definition) is 1. The lowest BCUT2D eigenvalue weighted by molar-refractivity contribution is 0.0943. The van der Waals surface area contributed by atoms with E-state index in [9.17, 15) is 4.79 Å². The van der Waals surface area contributed by atoms with Crippen LogP contribution in [0.4, 0.5) is 0 Å². The lowest BCUT2D eigenvalue weighted by atomic mass is 10.0. The van der Waals surface area contributed by atoms with E-state index in [0.717, 1.165) is 61.7 Å². The van der Waals surface area contributed by atoms with Crippen molar-refractivity contribution in [3.63, 3.8) is 0 Å². The van der Waals surface area contributed by atoms with E-state index >= 15 is 0 Å². The highest BCUT2D eigenvalue weighted by molar-refractivity contribution is 5.94. The Morgan fingerprint density at radius 1 is 1.29 bits per heavy atom. The second-order valence-electron chi connectivity index (χ2n) is 8.46. The Bertz CT molecular complexity index is 883. The molecule has 2 saturated carbocycles. The van der Waals surface area contributed by atoms with E-state index in [0.29, 0.717) is 18.3 Å². The first-order valence-electron chi connectivity index (χ1n) is 10.4. The second-order valence-corrected chi connectivity index (χ2v) is 8.46. The molecule has 28 heavy (non-hydrogen) atoms. The smallest absolute Gasteiger partial charge is 0.272 e. The van der Waals surface area contributed by atoms with Crippen LogP contribution in [0, 0.1) is 5.92 Å². The van der Waals surface area contributed by atoms with Crippen LogP contribution >= 0.6 is 0 Å². The minimum Gasteiger partial charge on any atom is -0.497 e. The van der Waals surface area contributed by atoms with E-state index in [-0.39, 0.29) is 5.91 Å². The quantitative estimate of drug-likeness (QED) is 0.802. The molecule has 2 aromatic rings. The normalized spacial score (nSPS) is 19.3. The lowest BCUT2D eigenvalue weighted by Crippen LogP contribution is -2.34. The van der Waals surface area contributed by atoms with Gasteiger partial charge in [0.15, 0.2) is 5.69 Å². The van der Waals surface area contributed by atoms with E-state index in [1.807, 2.05) is 22.9 Å². The Kier molecular flexibility index (Phi) is 4.59. The van der Waals surface area contributed by atoms with Gasteiger partial charge in [-0.3, -0.25) is 14.4 Å². The van der Waals surface area contributed by atoms with Crippen LogP contribution in [0.5, 0.6) is 5.75 Å². The fourth-order valence-electron chi connectivity index (χ4n) is 4.11. The molecule has 2 fully saturated rings. The third-order valence-corrected chi connectivity index (χ3v) is 6.02. The van der Waals surface area contributed by atoms with Crippen molar-refractivity contribution in [1.29, 1.82) is 0 Å². The number of amides is 1. The Balaban J connectivity index is 1.43. The van der Waals surface area contributed by atoms with Gasteiger partial charge in [-0.15, -0.1) is 0 Å². The van der Waals surface area contributed by atoms with Crippen LogP contribution in [-0.4, -0.2) is 46.8 Å². The highest BCUT2D eigenvalue weighted by atomic mass is 16.5. The van der Waals surface area contributed by atoms with Crippen LogP contribution in [0.1, 0.15) is 53.0 Å². The summed E-state index contributed by atoms with van der Waals surface area (Å²) in [5.74, 6) is 1.70. The second kappa shape index (κ2) is 7.24. The summed E-state index contributed by atoms with van der Waals surface area (Å²) >= 11 is 0. The predicted octanol–water partition coefficient (Wildman–Crippen LogP) is 2.60. The maximum atomic E-state index is 12.8. The number of carbonyl (C=O) groups is 1. The van der Waals surface area contributed by atoms with E-state index in [1.165, 1.54) is 18.5 Å². The van der Waals surface area contributed by atoms with Crippen molar-refractivity contribution >= 4 is 5.91 Å². The number of nitrogens with zero attached hydrogens (tertiary/aromatic N) is 3. The van der Waals surface area contributed by atoms with Crippen LogP contribution < -0.4 is 10.1 Å². The van der Waals surface area contributed by atoms with Crippen LogP contribution in [0.15, 0.2) is 24.3 Å². The molecule has 0 radical (unpaired) electrons. The number of methoxy groups -OCH3 is 1. The molecule has 2 heterocycles. The molecule has 0 unspecified atom stereocenters. The molecule has 1 N–H and O–H groups in total. The fourth-order valence-corrected chi connectivity index (χ4v) is 4.11. The molecule has 1 aliphatic heterocycles. The molecule has 0 saturated heterocycles. The number of rotatable bonds is 7. The van der Waals surface area contributed by atoms with Crippen LogP contribution in [0.25, 0.3) is 0 Å². The van der Waals surface area contributed by atoms with Gasteiger partial charge in [-0.2, -0.15) is 5.10 Å². The van der Waals surface area contributed by atoms with Crippen LogP contribution in [-0.2, 0) is 19.5 Å². The first kappa shape index (κ1) is 17.7. The molecule has 0 spiro atoms. The summed E-state index contributed by atoms with van der Waals surface area (Å²) in [5.41, 5.74) is 4.12. The number of carbonyl (C=O) groups excluding carboxylic acids is 1. The maximum absolute atomic E-state index is 12.8. The average molecular weight is 380 g/mol.